The molecule has 8 nitrogen and oxygen atoms in total. The summed E-state index contributed by atoms with van der Waals surface area (Å²) in [5.74, 6) is -0.168. The lowest BCUT2D eigenvalue weighted by Crippen LogP contribution is -2.20. The summed E-state index contributed by atoms with van der Waals surface area (Å²) in [6.45, 7) is -0.558. The Kier molecular flexibility index (Phi) is 6.61. The number of nitro benzene ring substituents is 1. The molecule has 3 rings (SSSR count). The van der Waals surface area contributed by atoms with Gasteiger partial charge in [-0.1, -0.05) is 29.8 Å². The minimum Gasteiger partial charge on any atom is -0.457 e. The maximum absolute atomic E-state index is 12.0. The van der Waals surface area contributed by atoms with E-state index in [0.717, 1.165) is 6.07 Å². The summed E-state index contributed by atoms with van der Waals surface area (Å²) in [7, 11) is 0. The van der Waals surface area contributed by atoms with Crippen LogP contribution in [0.1, 0.15) is 10.4 Å². The molecule has 0 bridgehead atoms. The summed E-state index contributed by atoms with van der Waals surface area (Å²) in [5, 5.41) is 13.4. The largest absolute Gasteiger partial charge is 0.457 e. The second-order valence-electron chi connectivity index (χ2n) is 5.99. The smallest absolute Gasteiger partial charge is 0.338 e. The van der Waals surface area contributed by atoms with E-state index in [9.17, 15) is 19.7 Å². The molecular formula is C21H15ClN2O6. The van der Waals surface area contributed by atoms with E-state index in [0.29, 0.717) is 17.2 Å². The molecule has 0 atom stereocenters. The molecule has 0 aliphatic rings. The number of para-hydroxylation sites is 1. The lowest BCUT2D eigenvalue weighted by molar-refractivity contribution is -0.384. The maximum atomic E-state index is 12.0. The second kappa shape index (κ2) is 9.53. The zero-order valence-corrected chi connectivity index (χ0v) is 16.2. The molecule has 1 amide bonds. The summed E-state index contributed by atoms with van der Waals surface area (Å²) in [6, 6.07) is 19.4. The first kappa shape index (κ1) is 20.8. The minimum absolute atomic E-state index is 0.0821. The highest BCUT2D eigenvalue weighted by molar-refractivity contribution is 6.32. The highest BCUT2D eigenvalue weighted by Gasteiger charge is 2.18. The van der Waals surface area contributed by atoms with Crippen LogP contribution in [0.15, 0.2) is 72.8 Å². The fourth-order valence-electron chi connectivity index (χ4n) is 2.42. The molecule has 0 radical (unpaired) electrons. The minimum atomic E-state index is -0.878. The van der Waals surface area contributed by atoms with Crippen LogP contribution in [0.4, 0.5) is 11.4 Å². The van der Waals surface area contributed by atoms with Crippen molar-refractivity contribution in [3.05, 3.63) is 93.5 Å². The molecule has 0 aliphatic carbocycles. The fourth-order valence-corrected chi connectivity index (χ4v) is 2.61. The number of ether oxygens (including phenoxy) is 2. The van der Waals surface area contributed by atoms with Crippen LogP contribution >= 0.6 is 11.6 Å². The Labute approximate surface area is 176 Å². The van der Waals surface area contributed by atoms with Gasteiger partial charge in [0.25, 0.3) is 11.6 Å². The average molecular weight is 427 g/mol. The number of halogens is 1. The number of carbonyl (C=O) groups excluding carboxylic acids is 2. The number of esters is 1. The Bertz CT molecular complexity index is 1070. The number of anilines is 1. The molecule has 3 aromatic carbocycles. The van der Waals surface area contributed by atoms with Crippen molar-refractivity contribution in [1.82, 2.24) is 0 Å². The molecule has 152 valence electrons. The summed E-state index contributed by atoms with van der Waals surface area (Å²) in [6.07, 6.45) is 0. The highest BCUT2D eigenvalue weighted by atomic mass is 35.5. The molecule has 0 aromatic heterocycles. The van der Waals surface area contributed by atoms with E-state index < -0.39 is 29.1 Å². The lowest BCUT2D eigenvalue weighted by Gasteiger charge is -2.09. The maximum Gasteiger partial charge on any atom is 0.338 e. The first-order valence-electron chi connectivity index (χ1n) is 8.66. The normalized spacial score (nSPS) is 10.2. The molecule has 9 heteroatoms. The Morgan fingerprint density at radius 3 is 2.30 bits per heavy atom. The third-order valence-corrected chi connectivity index (χ3v) is 4.15. The van der Waals surface area contributed by atoms with Crippen molar-refractivity contribution in [2.75, 3.05) is 11.9 Å². The van der Waals surface area contributed by atoms with Crippen LogP contribution in [0.3, 0.4) is 0 Å². The van der Waals surface area contributed by atoms with Gasteiger partial charge in [0.15, 0.2) is 6.61 Å². The SMILES string of the molecule is O=C(COC(=O)c1ccc(Cl)c([N+](=O)[O-])c1)Nc1ccc(Oc2ccccc2)cc1. The monoisotopic (exact) mass is 426 g/mol. The van der Waals surface area contributed by atoms with Gasteiger partial charge in [-0.25, -0.2) is 4.79 Å². The van der Waals surface area contributed by atoms with Gasteiger partial charge in [0.1, 0.15) is 16.5 Å². The van der Waals surface area contributed by atoms with E-state index in [1.807, 2.05) is 30.3 Å². The van der Waals surface area contributed by atoms with E-state index in [-0.39, 0.29) is 10.6 Å². The predicted molar refractivity (Wildman–Crippen MR) is 110 cm³/mol. The molecule has 0 saturated carbocycles. The fraction of sp³-hybridized carbons (Fsp3) is 0.0476. The van der Waals surface area contributed by atoms with E-state index in [4.69, 9.17) is 21.1 Å². The molecule has 0 heterocycles. The van der Waals surface area contributed by atoms with Crippen LogP contribution in [-0.2, 0) is 9.53 Å². The zero-order chi connectivity index (χ0) is 21.5. The number of carbonyl (C=O) groups is 2. The van der Waals surface area contributed by atoms with Crippen molar-refractivity contribution in [2.24, 2.45) is 0 Å². The molecule has 0 aliphatic heterocycles. The topological polar surface area (TPSA) is 108 Å². The highest BCUT2D eigenvalue weighted by Crippen LogP contribution is 2.25. The van der Waals surface area contributed by atoms with Gasteiger partial charge < -0.3 is 14.8 Å². The van der Waals surface area contributed by atoms with Crippen LogP contribution in [0.5, 0.6) is 11.5 Å². The Hall–Kier alpha value is -3.91. The van der Waals surface area contributed by atoms with Crippen molar-refractivity contribution in [1.29, 1.82) is 0 Å². The van der Waals surface area contributed by atoms with Crippen LogP contribution in [-0.4, -0.2) is 23.4 Å². The predicted octanol–water partition coefficient (Wildman–Crippen LogP) is 4.84. The van der Waals surface area contributed by atoms with Crippen LogP contribution in [0, 0.1) is 10.1 Å². The average Bonchev–Trinajstić information content (AvgIpc) is 2.74. The van der Waals surface area contributed by atoms with Crippen molar-refractivity contribution in [3.63, 3.8) is 0 Å². The molecule has 3 aromatic rings. The van der Waals surface area contributed by atoms with Crippen LogP contribution in [0.25, 0.3) is 0 Å². The number of rotatable bonds is 7. The van der Waals surface area contributed by atoms with Gasteiger partial charge in [-0.05, 0) is 48.5 Å². The molecule has 0 saturated heterocycles. The van der Waals surface area contributed by atoms with E-state index in [1.54, 1.807) is 24.3 Å². The molecule has 0 unspecified atom stereocenters. The van der Waals surface area contributed by atoms with E-state index in [2.05, 4.69) is 5.32 Å². The number of nitrogens with one attached hydrogen (secondary N) is 1. The third kappa shape index (κ3) is 5.55. The number of nitrogens with zero attached hydrogens (tertiary/aromatic N) is 1. The number of amides is 1. The summed E-state index contributed by atoms with van der Waals surface area (Å²) < 4.78 is 10.6. The van der Waals surface area contributed by atoms with Gasteiger partial charge >= 0.3 is 5.97 Å². The molecule has 30 heavy (non-hydrogen) atoms. The molecular weight excluding hydrogens is 412 g/mol. The van der Waals surface area contributed by atoms with Crippen molar-refractivity contribution in [3.8, 4) is 11.5 Å². The van der Waals surface area contributed by atoms with Gasteiger partial charge in [0.05, 0.1) is 10.5 Å². The Morgan fingerprint density at radius 2 is 1.63 bits per heavy atom. The van der Waals surface area contributed by atoms with Crippen LogP contribution < -0.4 is 10.1 Å². The van der Waals surface area contributed by atoms with Crippen molar-refractivity contribution in [2.45, 2.75) is 0 Å². The van der Waals surface area contributed by atoms with Crippen LogP contribution in [0.2, 0.25) is 5.02 Å². The molecule has 0 fully saturated rings. The first-order valence-corrected chi connectivity index (χ1v) is 9.04. The van der Waals surface area contributed by atoms with Gasteiger partial charge in [-0.15, -0.1) is 0 Å². The lowest BCUT2D eigenvalue weighted by atomic mass is 10.2. The zero-order valence-electron chi connectivity index (χ0n) is 15.4. The van der Waals surface area contributed by atoms with E-state index in [1.165, 1.54) is 12.1 Å². The van der Waals surface area contributed by atoms with Gasteiger partial charge in [-0.3, -0.25) is 14.9 Å². The molecule has 1 N–H and O–H groups in total. The third-order valence-electron chi connectivity index (χ3n) is 3.83. The number of benzene rings is 3. The summed E-state index contributed by atoms with van der Waals surface area (Å²) in [5.41, 5.74) is -0.0201. The van der Waals surface area contributed by atoms with Gasteiger partial charge in [0, 0.05) is 11.8 Å². The number of hydrogen-bond acceptors (Lipinski definition) is 6. The van der Waals surface area contributed by atoms with E-state index >= 15 is 0 Å². The van der Waals surface area contributed by atoms with Gasteiger partial charge in [0.2, 0.25) is 0 Å². The Morgan fingerprint density at radius 1 is 0.967 bits per heavy atom. The first-order chi connectivity index (χ1) is 14.4. The number of nitro groups is 1. The summed E-state index contributed by atoms with van der Waals surface area (Å²) in [4.78, 5) is 34.2. The van der Waals surface area contributed by atoms with Gasteiger partial charge in [-0.2, -0.15) is 0 Å². The Balaban J connectivity index is 1.52. The van der Waals surface area contributed by atoms with Crippen molar-refractivity contribution < 1.29 is 24.0 Å². The molecule has 0 spiro atoms. The second-order valence-corrected chi connectivity index (χ2v) is 6.39. The number of hydrogen-bond donors (Lipinski definition) is 1. The quantitative estimate of drug-likeness (QED) is 0.329. The standard InChI is InChI=1S/C21H15ClN2O6/c22-18-11-6-14(12-19(18)24(27)28)21(26)29-13-20(25)23-15-7-9-17(10-8-15)30-16-4-2-1-3-5-16/h1-12H,13H2,(H,23,25). The van der Waals surface area contributed by atoms with Crippen molar-refractivity contribution >= 4 is 34.9 Å². The summed E-state index contributed by atoms with van der Waals surface area (Å²) >= 11 is 5.70.